The van der Waals surface area contributed by atoms with Gasteiger partial charge >= 0.3 is 5.91 Å². The SMILES string of the molecule is NNC(=O)C(=O)c1c(F)cccc1F. The number of nitrogens with one attached hydrogen (secondary N) is 1. The average Bonchev–Trinajstić information content (AvgIpc) is 2.16. The molecule has 0 aliphatic carbocycles. The quantitative estimate of drug-likeness (QED) is 0.234. The summed E-state index contributed by atoms with van der Waals surface area (Å²) in [4.78, 5) is 21.7. The molecule has 4 nitrogen and oxygen atoms in total. The first-order valence-electron chi connectivity index (χ1n) is 3.57. The molecular formula is C8H6F2N2O2. The Morgan fingerprint density at radius 1 is 1.21 bits per heavy atom. The van der Waals surface area contributed by atoms with Crippen molar-refractivity contribution in [1.29, 1.82) is 0 Å². The Hall–Kier alpha value is -1.82. The molecule has 0 bridgehead atoms. The van der Waals surface area contributed by atoms with Crippen molar-refractivity contribution in [1.82, 2.24) is 5.43 Å². The van der Waals surface area contributed by atoms with E-state index in [4.69, 9.17) is 0 Å². The van der Waals surface area contributed by atoms with Gasteiger partial charge in [0, 0.05) is 0 Å². The number of Topliss-reactive ketones (excluding diaryl/α,β-unsaturated/α-hetero) is 1. The van der Waals surface area contributed by atoms with Crippen molar-refractivity contribution in [3.05, 3.63) is 35.4 Å². The first kappa shape index (κ1) is 10.3. The molecule has 3 N–H and O–H groups in total. The Morgan fingerprint density at radius 2 is 1.71 bits per heavy atom. The van der Waals surface area contributed by atoms with E-state index in [1.54, 1.807) is 0 Å². The molecular weight excluding hydrogens is 194 g/mol. The smallest absolute Gasteiger partial charge is 0.287 e. The topological polar surface area (TPSA) is 72.2 Å². The molecule has 0 heterocycles. The largest absolute Gasteiger partial charge is 0.306 e. The van der Waals surface area contributed by atoms with Crippen LogP contribution in [0.15, 0.2) is 18.2 Å². The van der Waals surface area contributed by atoms with E-state index in [-0.39, 0.29) is 0 Å². The Morgan fingerprint density at radius 3 is 2.14 bits per heavy atom. The Labute approximate surface area is 77.7 Å². The molecule has 0 aliphatic rings. The summed E-state index contributed by atoms with van der Waals surface area (Å²) in [7, 11) is 0. The van der Waals surface area contributed by atoms with E-state index < -0.39 is 28.9 Å². The third kappa shape index (κ3) is 1.74. The van der Waals surface area contributed by atoms with Gasteiger partial charge in [0.1, 0.15) is 11.6 Å². The number of hydrogen-bond acceptors (Lipinski definition) is 3. The minimum atomic E-state index is -1.34. The number of hydrogen-bond donors (Lipinski definition) is 2. The van der Waals surface area contributed by atoms with Gasteiger partial charge in [0.2, 0.25) is 0 Å². The van der Waals surface area contributed by atoms with Gasteiger partial charge in [0.25, 0.3) is 5.78 Å². The molecule has 0 unspecified atom stereocenters. The molecule has 6 heteroatoms. The second-order valence-electron chi connectivity index (χ2n) is 2.40. The third-order valence-electron chi connectivity index (χ3n) is 1.53. The summed E-state index contributed by atoms with van der Waals surface area (Å²) in [6.45, 7) is 0. The number of nitrogens with two attached hydrogens (primary N) is 1. The molecule has 0 fully saturated rings. The van der Waals surface area contributed by atoms with E-state index in [0.717, 1.165) is 18.2 Å². The fraction of sp³-hybridized carbons (Fsp3) is 0. The highest BCUT2D eigenvalue weighted by Gasteiger charge is 2.22. The summed E-state index contributed by atoms with van der Waals surface area (Å²) in [5.74, 6) is -0.166. The first-order chi connectivity index (χ1) is 6.57. The Kier molecular flexibility index (Phi) is 2.88. The van der Waals surface area contributed by atoms with Gasteiger partial charge in [0.05, 0.1) is 5.56 Å². The standard InChI is InChI=1S/C8H6F2N2O2/c9-4-2-1-3-5(10)6(4)7(13)8(14)12-11/h1-3H,11H2,(H,12,14). The lowest BCUT2D eigenvalue weighted by Gasteiger charge is -2.01. The van der Waals surface area contributed by atoms with Crippen LogP contribution >= 0.6 is 0 Å². The molecule has 0 saturated carbocycles. The van der Waals surface area contributed by atoms with Crippen molar-refractivity contribution in [3.63, 3.8) is 0 Å². The molecule has 1 amide bonds. The summed E-state index contributed by atoms with van der Waals surface area (Å²) in [5.41, 5.74) is 0.589. The van der Waals surface area contributed by atoms with Gasteiger partial charge in [-0.05, 0) is 12.1 Å². The van der Waals surface area contributed by atoms with E-state index >= 15 is 0 Å². The van der Waals surface area contributed by atoms with Crippen LogP contribution in [0, 0.1) is 11.6 Å². The summed E-state index contributed by atoms with van der Waals surface area (Å²) < 4.78 is 25.8. The fourth-order valence-electron chi connectivity index (χ4n) is 0.894. The maximum Gasteiger partial charge on any atom is 0.306 e. The fourth-order valence-corrected chi connectivity index (χ4v) is 0.894. The van der Waals surface area contributed by atoms with E-state index in [0.29, 0.717) is 0 Å². The monoisotopic (exact) mass is 200 g/mol. The minimum absolute atomic E-state index is 0.875. The average molecular weight is 200 g/mol. The number of hydrazine groups is 1. The zero-order valence-electron chi connectivity index (χ0n) is 6.88. The minimum Gasteiger partial charge on any atom is -0.287 e. The van der Waals surface area contributed by atoms with Crippen LogP contribution in [0.3, 0.4) is 0 Å². The molecule has 14 heavy (non-hydrogen) atoms. The van der Waals surface area contributed by atoms with Crippen molar-refractivity contribution >= 4 is 11.7 Å². The van der Waals surface area contributed by atoms with Gasteiger partial charge in [0.15, 0.2) is 0 Å². The normalized spacial score (nSPS) is 9.64. The van der Waals surface area contributed by atoms with Gasteiger partial charge < -0.3 is 0 Å². The van der Waals surface area contributed by atoms with Crippen molar-refractivity contribution in [2.45, 2.75) is 0 Å². The highest BCUT2D eigenvalue weighted by atomic mass is 19.1. The summed E-state index contributed by atoms with van der Waals surface area (Å²) in [6, 6.07) is 2.84. The van der Waals surface area contributed by atoms with Gasteiger partial charge in [-0.2, -0.15) is 0 Å². The summed E-state index contributed by atoms with van der Waals surface area (Å²) >= 11 is 0. The van der Waals surface area contributed by atoms with Crippen molar-refractivity contribution in [2.75, 3.05) is 0 Å². The number of amides is 1. The molecule has 1 aromatic carbocycles. The van der Waals surface area contributed by atoms with E-state index in [1.165, 1.54) is 5.43 Å². The van der Waals surface area contributed by atoms with Crippen molar-refractivity contribution in [3.8, 4) is 0 Å². The highest BCUT2D eigenvalue weighted by molar-refractivity contribution is 6.42. The van der Waals surface area contributed by atoms with Crippen LogP contribution < -0.4 is 11.3 Å². The van der Waals surface area contributed by atoms with Crippen LogP contribution in [0.25, 0.3) is 0 Å². The maximum atomic E-state index is 12.9. The lowest BCUT2D eigenvalue weighted by molar-refractivity contribution is -0.117. The zero-order chi connectivity index (χ0) is 10.7. The highest BCUT2D eigenvalue weighted by Crippen LogP contribution is 2.12. The number of benzene rings is 1. The molecule has 0 spiro atoms. The molecule has 1 aromatic rings. The molecule has 74 valence electrons. The lowest BCUT2D eigenvalue weighted by atomic mass is 10.1. The maximum absolute atomic E-state index is 12.9. The number of carbonyl (C=O) groups is 2. The van der Waals surface area contributed by atoms with Crippen LogP contribution in [-0.2, 0) is 4.79 Å². The molecule has 0 aliphatic heterocycles. The van der Waals surface area contributed by atoms with Gasteiger partial charge in [-0.1, -0.05) is 6.07 Å². The second kappa shape index (κ2) is 3.93. The molecule has 1 rings (SSSR count). The molecule has 0 radical (unpaired) electrons. The number of rotatable bonds is 2. The third-order valence-corrected chi connectivity index (χ3v) is 1.53. The summed E-state index contributed by atoms with van der Waals surface area (Å²) in [5, 5.41) is 0. The predicted molar refractivity (Wildman–Crippen MR) is 43.0 cm³/mol. The molecule has 0 atom stereocenters. The molecule has 0 aromatic heterocycles. The second-order valence-corrected chi connectivity index (χ2v) is 2.40. The van der Waals surface area contributed by atoms with Crippen LogP contribution in [0.5, 0.6) is 0 Å². The first-order valence-corrected chi connectivity index (χ1v) is 3.57. The van der Waals surface area contributed by atoms with E-state index in [2.05, 4.69) is 5.84 Å². The Balaban J connectivity index is 3.19. The van der Waals surface area contributed by atoms with Crippen molar-refractivity contribution in [2.24, 2.45) is 5.84 Å². The van der Waals surface area contributed by atoms with E-state index in [9.17, 15) is 18.4 Å². The Bertz CT molecular complexity index is 373. The van der Waals surface area contributed by atoms with Crippen molar-refractivity contribution < 1.29 is 18.4 Å². The van der Waals surface area contributed by atoms with Gasteiger partial charge in [-0.3, -0.25) is 15.0 Å². The van der Waals surface area contributed by atoms with E-state index in [1.807, 2.05) is 0 Å². The van der Waals surface area contributed by atoms with Crippen LogP contribution in [0.4, 0.5) is 8.78 Å². The molecule has 0 saturated heterocycles. The lowest BCUT2D eigenvalue weighted by Crippen LogP contribution is -2.37. The number of ketones is 1. The van der Waals surface area contributed by atoms with Gasteiger partial charge in [-0.25, -0.2) is 14.6 Å². The van der Waals surface area contributed by atoms with Crippen LogP contribution in [0.2, 0.25) is 0 Å². The predicted octanol–water partition coefficient (Wildman–Crippen LogP) is 0.137. The summed E-state index contributed by atoms with van der Waals surface area (Å²) in [6.07, 6.45) is 0. The van der Waals surface area contributed by atoms with Crippen LogP contribution in [-0.4, -0.2) is 11.7 Å². The zero-order valence-corrected chi connectivity index (χ0v) is 6.88. The number of halogens is 2. The van der Waals surface area contributed by atoms with Crippen LogP contribution in [0.1, 0.15) is 10.4 Å². The van der Waals surface area contributed by atoms with Gasteiger partial charge in [-0.15, -0.1) is 0 Å². The number of carbonyl (C=O) groups excluding carboxylic acids is 2.